The van der Waals surface area contributed by atoms with Gasteiger partial charge in [0.05, 0.1) is 19.8 Å². The SMILES string of the molecule is COc1ccc(CCN=C(N)NC2CCOc3ccccc32)cc1. The Labute approximate surface area is 142 Å². The summed E-state index contributed by atoms with van der Waals surface area (Å²) in [5.41, 5.74) is 8.40. The maximum absolute atomic E-state index is 6.05. The lowest BCUT2D eigenvalue weighted by Gasteiger charge is -2.26. The summed E-state index contributed by atoms with van der Waals surface area (Å²) in [5, 5.41) is 3.31. The topological polar surface area (TPSA) is 68.9 Å². The molecule has 2 aromatic carbocycles. The van der Waals surface area contributed by atoms with Gasteiger partial charge < -0.3 is 20.5 Å². The fourth-order valence-corrected chi connectivity index (χ4v) is 2.81. The van der Waals surface area contributed by atoms with Crippen molar-refractivity contribution in [1.29, 1.82) is 0 Å². The lowest BCUT2D eigenvalue weighted by Crippen LogP contribution is -2.37. The van der Waals surface area contributed by atoms with Gasteiger partial charge in [-0.2, -0.15) is 0 Å². The highest BCUT2D eigenvalue weighted by Gasteiger charge is 2.21. The lowest BCUT2D eigenvalue weighted by molar-refractivity contribution is 0.262. The number of aliphatic imine (C=N–C) groups is 1. The third-order valence-electron chi connectivity index (χ3n) is 4.12. The molecule has 3 N–H and O–H groups in total. The van der Waals surface area contributed by atoms with E-state index in [-0.39, 0.29) is 6.04 Å². The fourth-order valence-electron chi connectivity index (χ4n) is 2.81. The molecule has 0 fully saturated rings. The van der Waals surface area contributed by atoms with E-state index in [0.29, 0.717) is 19.1 Å². The van der Waals surface area contributed by atoms with Crippen LogP contribution >= 0.6 is 0 Å². The van der Waals surface area contributed by atoms with Gasteiger partial charge in [0, 0.05) is 18.5 Å². The van der Waals surface area contributed by atoms with Gasteiger partial charge in [0.1, 0.15) is 11.5 Å². The molecule has 3 rings (SSSR count). The van der Waals surface area contributed by atoms with Crippen LogP contribution in [0.2, 0.25) is 0 Å². The van der Waals surface area contributed by atoms with Crippen molar-refractivity contribution in [3.8, 4) is 11.5 Å². The first-order valence-electron chi connectivity index (χ1n) is 8.17. The van der Waals surface area contributed by atoms with Crippen LogP contribution < -0.4 is 20.5 Å². The van der Waals surface area contributed by atoms with Crippen molar-refractivity contribution < 1.29 is 9.47 Å². The summed E-state index contributed by atoms with van der Waals surface area (Å²) in [6.07, 6.45) is 1.72. The summed E-state index contributed by atoms with van der Waals surface area (Å²) >= 11 is 0. The number of methoxy groups -OCH3 is 1. The van der Waals surface area contributed by atoms with E-state index in [1.807, 2.05) is 42.5 Å². The molecule has 0 saturated heterocycles. The van der Waals surface area contributed by atoms with E-state index in [1.165, 1.54) is 5.56 Å². The van der Waals surface area contributed by atoms with Gasteiger partial charge in [-0.3, -0.25) is 4.99 Å². The monoisotopic (exact) mass is 325 g/mol. The predicted molar refractivity (Wildman–Crippen MR) is 95.6 cm³/mol. The normalized spacial score (nSPS) is 16.9. The second kappa shape index (κ2) is 7.73. The summed E-state index contributed by atoms with van der Waals surface area (Å²) in [6, 6.07) is 16.2. The highest BCUT2D eigenvalue weighted by Crippen LogP contribution is 2.31. The average Bonchev–Trinajstić information content (AvgIpc) is 2.63. The Hall–Kier alpha value is -2.69. The fraction of sp³-hybridized carbons (Fsp3) is 0.316. The molecular formula is C19H23N3O2. The molecule has 5 heteroatoms. The van der Waals surface area contributed by atoms with Crippen LogP contribution in [0.1, 0.15) is 23.6 Å². The van der Waals surface area contributed by atoms with Gasteiger partial charge >= 0.3 is 0 Å². The summed E-state index contributed by atoms with van der Waals surface area (Å²) in [7, 11) is 1.67. The number of nitrogens with zero attached hydrogens (tertiary/aromatic N) is 1. The zero-order valence-corrected chi connectivity index (χ0v) is 13.9. The second-order valence-electron chi connectivity index (χ2n) is 5.74. The van der Waals surface area contributed by atoms with E-state index in [0.717, 1.165) is 29.9 Å². The molecule has 1 unspecified atom stereocenters. The van der Waals surface area contributed by atoms with Crippen LogP contribution in [-0.2, 0) is 6.42 Å². The van der Waals surface area contributed by atoms with Crippen molar-refractivity contribution in [2.45, 2.75) is 18.9 Å². The standard InChI is InChI=1S/C19H23N3O2/c1-23-15-8-6-14(7-9-15)10-12-21-19(20)22-17-11-13-24-18-5-3-2-4-16(17)18/h2-9,17H,10-13H2,1H3,(H3,20,21,22). The second-order valence-corrected chi connectivity index (χ2v) is 5.74. The highest BCUT2D eigenvalue weighted by atomic mass is 16.5. The maximum Gasteiger partial charge on any atom is 0.189 e. The van der Waals surface area contributed by atoms with Gasteiger partial charge in [0.15, 0.2) is 5.96 Å². The molecule has 0 spiro atoms. The average molecular weight is 325 g/mol. The minimum Gasteiger partial charge on any atom is -0.497 e. The van der Waals surface area contributed by atoms with Gasteiger partial charge in [0.2, 0.25) is 0 Å². The summed E-state index contributed by atoms with van der Waals surface area (Å²) < 4.78 is 10.8. The number of guanidine groups is 1. The third kappa shape index (κ3) is 3.98. The molecule has 0 amide bonds. The Morgan fingerprint density at radius 1 is 1.25 bits per heavy atom. The molecule has 2 aromatic rings. The van der Waals surface area contributed by atoms with Crippen LogP contribution in [0.15, 0.2) is 53.5 Å². The van der Waals surface area contributed by atoms with Crippen LogP contribution in [-0.4, -0.2) is 26.2 Å². The third-order valence-corrected chi connectivity index (χ3v) is 4.12. The van der Waals surface area contributed by atoms with Crippen LogP contribution in [0.25, 0.3) is 0 Å². The number of nitrogens with one attached hydrogen (secondary N) is 1. The molecule has 126 valence electrons. The van der Waals surface area contributed by atoms with E-state index in [9.17, 15) is 0 Å². The number of nitrogens with two attached hydrogens (primary N) is 1. The maximum atomic E-state index is 6.05. The minimum absolute atomic E-state index is 0.152. The lowest BCUT2D eigenvalue weighted by atomic mass is 10.0. The predicted octanol–water partition coefficient (Wildman–Crippen LogP) is 2.67. The van der Waals surface area contributed by atoms with E-state index in [2.05, 4.69) is 16.4 Å². The number of benzene rings is 2. The molecule has 24 heavy (non-hydrogen) atoms. The minimum atomic E-state index is 0.152. The zero-order valence-electron chi connectivity index (χ0n) is 13.9. The largest absolute Gasteiger partial charge is 0.497 e. The number of hydrogen-bond acceptors (Lipinski definition) is 3. The van der Waals surface area contributed by atoms with Crippen molar-refractivity contribution in [3.63, 3.8) is 0 Å². The summed E-state index contributed by atoms with van der Waals surface area (Å²) in [4.78, 5) is 4.44. The Kier molecular flexibility index (Phi) is 5.21. The number of ether oxygens (including phenoxy) is 2. The van der Waals surface area contributed by atoms with Gasteiger partial charge in [-0.25, -0.2) is 0 Å². The first-order chi connectivity index (χ1) is 11.8. The van der Waals surface area contributed by atoms with E-state index < -0.39 is 0 Å². The Morgan fingerprint density at radius 3 is 2.83 bits per heavy atom. The van der Waals surface area contributed by atoms with Gasteiger partial charge in [-0.15, -0.1) is 0 Å². The summed E-state index contributed by atoms with van der Waals surface area (Å²) in [6.45, 7) is 1.34. The first kappa shape index (κ1) is 16.2. The number of rotatable bonds is 5. The van der Waals surface area contributed by atoms with Crippen molar-refractivity contribution in [2.75, 3.05) is 20.3 Å². The molecule has 0 bridgehead atoms. The molecular weight excluding hydrogens is 302 g/mol. The molecule has 1 heterocycles. The Balaban J connectivity index is 1.55. The zero-order chi connectivity index (χ0) is 16.8. The van der Waals surface area contributed by atoms with Gasteiger partial charge in [-0.1, -0.05) is 30.3 Å². The van der Waals surface area contributed by atoms with E-state index in [1.54, 1.807) is 7.11 Å². The number of para-hydroxylation sites is 1. The molecule has 5 nitrogen and oxygen atoms in total. The van der Waals surface area contributed by atoms with Crippen LogP contribution in [0, 0.1) is 0 Å². The molecule has 0 aliphatic carbocycles. The summed E-state index contributed by atoms with van der Waals surface area (Å²) in [5.74, 6) is 2.26. The van der Waals surface area contributed by atoms with Crippen LogP contribution in [0.5, 0.6) is 11.5 Å². The molecule has 1 aliphatic rings. The Bertz CT molecular complexity index is 698. The number of fused-ring (bicyclic) bond motifs is 1. The van der Waals surface area contributed by atoms with Crippen molar-refractivity contribution in [3.05, 3.63) is 59.7 Å². The smallest absolute Gasteiger partial charge is 0.189 e. The van der Waals surface area contributed by atoms with Gasteiger partial charge in [-0.05, 0) is 30.2 Å². The quantitative estimate of drug-likeness (QED) is 0.655. The van der Waals surface area contributed by atoms with Crippen LogP contribution in [0.3, 0.4) is 0 Å². The van der Waals surface area contributed by atoms with Gasteiger partial charge in [0.25, 0.3) is 0 Å². The van der Waals surface area contributed by atoms with Crippen molar-refractivity contribution >= 4 is 5.96 Å². The van der Waals surface area contributed by atoms with E-state index >= 15 is 0 Å². The Morgan fingerprint density at radius 2 is 2.04 bits per heavy atom. The first-order valence-corrected chi connectivity index (χ1v) is 8.17. The van der Waals surface area contributed by atoms with Crippen molar-refractivity contribution in [1.82, 2.24) is 5.32 Å². The molecule has 1 atom stereocenters. The molecule has 0 saturated carbocycles. The highest BCUT2D eigenvalue weighted by molar-refractivity contribution is 5.78. The molecule has 1 aliphatic heterocycles. The molecule has 0 aromatic heterocycles. The van der Waals surface area contributed by atoms with E-state index in [4.69, 9.17) is 15.2 Å². The number of hydrogen-bond donors (Lipinski definition) is 2. The van der Waals surface area contributed by atoms with Crippen molar-refractivity contribution in [2.24, 2.45) is 10.7 Å². The molecule has 0 radical (unpaired) electrons. The van der Waals surface area contributed by atoms with Crippen LogP contribution in [0.4, 0.5) is 0 Å².